The van der Waals surface area contributed by atoms with Crippen LogP contribution < -0.4 is 5.32 Å². The molecule has 0 aliphatic carbocycles. The second-order valence-corrected chi connectivity index (χ2v) is 3.11. The molecule has 0 amide bonds. The Morgan fingerprint density at radius 2 is 2.25 bits per heavy atom. The molecule has 0 atom stereocenters. The van der Waals surface area contributed by atoms with Crippen molar-refractivity contribution in [3.63, 3.8) is 0 Å². The van der Waals surface area contributed by atoms with E-state index in [0.29, 0.717) is 6.42 Å². The number of rotatable bonds is 3. The number of nitrogens with one attached hydrogen (secondary N) is 1. The van der Waals surface area contributed by atoms with Gasteiger partial charge in [0.2, 0.25) is 0 Å². The summed E-state index contributed by atoms with van der Waals surface area (Å²) in [5, 5.41) is 3.17. The molecule has 2 nitrogen and oxygen atoms in total. The largest absolute Gasteiger partial charge is 0.374 e. The standard InChI is InChI=1S/C9H17FN2/c10-6-4-8-12-9-5-2-1-3-7-11-9/h1-8H2,(H,11,12). The van der Waals surface area contributed by atoms with Gasteiger partial charge in [-0.15, -0.1) is 0 Å². The minimum absolute atomic E-state index is 0.236. The van der Waals surface area contributed by atoms with Crippen LogP contribution in [0.25, 0.3) is 0 Å². The number of alkyl halides is 1. The first-order valence-corrected chi connectivity index (χ1v) is 4.76. The molecule has 1 heterocycles. The lowest BCUT2D eigenvalue weighted by Crippen LogP contribution is -2.24. The van der Waals surface area contributed by atoms with E-state index in [-0.39, 0.29) is 6.67 Å². The fraction of sp³-hybridized carbons (Fsp3) is 0.889. The van der Waals surface area contributed by atoms with Crippen molar-refractivity contribution in [3.05, 3.63) is 0 Å². The van der Waals surface area contributed by atoms with Crippen LogP contribution in [0.1, 0.15) is 32.1 Å². The van der Waals surface area contributed by atoms with Gasteiger partial charge in [0.15, 0.2) is 0 Å². The zero-order chi connectivity index (χ0) is 8.65. The normalized spacial score (nSPS) is 18.2. The van der Waals surface area contributed by atoms with E-state index < -0.39 is 0 Å². The van der Waals surface area contributed by atoms with E-state index in [0.717, 1.165) is 25.3 Å². The van der Waals surface area contributed by atoms with E-state index in [1.807, 2.05) is 0 Å². The number of hydrogen-bond donors (Lipinski definition) is 1. The first-order valence-electron chi connectivity index (χ1n) is 4.76. The van der Waals surface area contributed by atoms with E-state index in [1.54, 1.807) is 0 Å². The summed E-state index contributed by atoms with van der Waals surface area (Å²) in [5.74, 6) is 1.08. The fourth-order valence-corrected chi connectivity index (χ4v) is 1.32. The summed E-state index contributed by atoms with van der Waals surface area (Å²) in [6.45, 7) is 1.44. The molecule has 0 saturated carbocycles. The van der Waals surface area contributed by atoms with Crippen molar-refractivity contribution in [2.75, 3.05) is 19.8 Å². The van der Waals surface area contributed by atoms with Crippen LogP contribution in [0.15, 0.2) is 4.99 Å². The Bertz CT molecular complexity index is 145. The number of aliphatic imine (C=N–C) groups is 1. The quantitative estimate of drug-likeness (QED) is 0.646. The van der Waals surface area contributed by atoms with Crippen molar-refractivity contribution in [1.29, 1.82) is 0 Å². The summed E-state index contributed by atoms with van der Waals surface area (Å²) < 4.78 is 11.7. The maximum Gasteiger partial charge on any atom is 0.0963 e. The lowest BCUT2D eigenvalue weighted by Gasteiger charge is -2.05. The molecule has 0 spiro atoms. The molecule has 0 radical (unpaired) electrons. The average molecular weight is 172 g/mol. The van der Waals surface area contributed by atoms with Gasteiger partial charge in [-0.25, -0.2) is 0 Å². The van der Waals surface area contributed by atoms with Crippen molar-refractivity contribution in [1.82, 2.24) is 5.32 Å². The molecule has 0 bridgehead atoms. The van der Waals surface area contributed by atoms with Gasteiger partial charge in [0.05, 0.1) is 12.5 Å². The smallest absolute Gasteiger partial charge is 0.0963 e. The molecule has 0 saturated heterocycles. The van der Waals surface area contributed by atoms with Crippen molar-refractivity contribution in [2.45, 2.75) is 32.1 Å². The van der Waals surface area contributed by atoms with E-state index in [1.165, 1.54) is 19.3 Å². The molecule has 0 aromatic carbocycles. The van der Waals surface area contributed by atoms with Crippen LogP contribution in [0.5, 0.6) is 0 Å². The SMILES string of the molecule is FCCCNC1=NCCCCC1. The molecule has 0 fully saturated rings. The molecule has 1 aliphatic heterocycles. The molecule has 0 aromatic rings. The van der Waals surface area contributed by atoms with Gasteiger partial charge in [0.1, 0.15) is 0 Å². The topological polar surface area (TPSA) is 24.4 Å². The molecular weight excluding hydrogens is 155 g/mol. The molecule has 1 rings (SSSR count). The summed E-state index contributed by atoms with van der Waals surface area (Å²) in [6, 6.07) is 0. The average Bonchev–Trinajstić information content (AvgIpc) is 2.33. The van der Waals surface area contributed by atoms with Gasteiger partial charge in [0.25, 0.3) is 0 Å². The first-order chi connectivity index (χ1) is 5.93. The van der Waals surface area contributed by atoms with Crippen LogP contribution in [0.4, 0.5) is 4.39 Å². The zero-order valence-electron chi connectivity index (χ0n) is 7.48. The summed E-state index contributed by atoms with van der Waals surface area (Å²) in [7, 11) is 0. The Kier molecular flexibility index (Phi) is 4.73. The summed E-state index contributed by atoms with van der Waals surface area (Å²) >= 11 is 0. The van der Waals surface area contributed by atoms with E-state index in [2.05, 4.69) is 10.3 Å². The van der Waals surface area contributed by atoms with Crippen molar-refractivity contribution < 1.29 is 4.39 Å². The van der Waals surface area contributed by atoms with Crippen LogP contribution in [0.2, 0.25) is 0 Å². The van der Waals surface area contributed by atoms with Crippen LogP contribution in [-0.4, -0.2) is 25.6 Å². The predicted molar refractivity (Wildman–Crippen MR) is 49.4 cm³/mol. The van der Waals surface area contributed by atoms with Gasteiger partial charge in [-0.3, -0.25) is 9.38 Å². The van der Waals surface area contributed by atoms with Gasteiger partial charge in [-0.1, -0.05) is 6.42 Å². The van der Waals surface area contributed by atoms with E-state index in [9.17, 15) is 4.39 Å². The molecular formula is C9H17FN2. The van der Waals surface area contributed by atoms with Crippen LogP contribution in [0, 0.1) is 0 Å². The molecule has 0 aromatic heterocycles. The first kappa shape index (κ1) is 9.49. The Hall–Kier alpha value is -0.600. The van der Waals surface area contributed by atoms with E-state index in [4.69, 9.17) is 0 Å². The Balaban J connectivity index is 2.15. The highest BCUT2D eigenvalue weighted by molar-refractivity contribution is 5.82. The van der Waals surface area contributed by atoms with Crippen LogP contribution >= 0.6 is 0 Å². The van der Waals surface area contributed by atoms with Crippen LogP contribution in [-0.2, 0) is 0 Å². The molecule has 12 heavy (non-hydrogen) atoms. The zero-order valence-corrected chi connectivity index (χ0v) is 7.48. The van der Waals surface area contributed by atoms with Crippen molar-refractivity contribution >= 4 is 5.84 Å². The summed E-state index contributed by atoms with van der Waals surface area (Å²) in [6.07, 6.45) is 5.35. The van der Waals surface area contributed by atoms with Gasteiger partial charge < -0.3 is 5.32 Å². The number of halogens is 1. The third kappa shape index (κ3) is 3.69. The maximum atomic E-state index is 11.7. The number of amidine groups is 1. The Labute approximate surface area is 73.3 Å². The minimum atomic E-state index is -0.236. The Morgan fingerprint density at radius 3 is 3.08 bits per heavy atom. The lowest BCUT2D eigenvalue weighted by atomic mass is 10.2. The highest BCUT2D eigenvalue weighted by Gasteiger charge is 2.02. The van der Waals surface area contributed by atoms with Gasteiger partial charge in [-0.2, -0.15) is 0 Å². The van der Waals surface area contributed by atoms with Crippen LogP contribution in [0.3, 0.4) is 0 Å². The second-order valence-electron chi connectivity index (χ2n) is 3.11. The predicted octanol–water partition coefficient (Wildman–Crippen LogP) is 1.91. The summed E-state index contributed by atoms with van der Waals surface area (Å²) in [5.41, 5.74) is 0. The number of hydrogen-bond acceptors (Lipinski definition) is 2. The molecule has 1 aliphatic rings. The van der Waals surface area contributed by atoms with Gasteiger partial charge in [-0.05, 0) is 19.3 Å². The maximum absolute atomic E-state index is 11.7. The third-order valence-corrected chi connectivity index (χ3v) is 2.01. The van der Waals surface area contributed by atoms with E-state index >= 15 is 0 Å². The monoisotopic (exact) mass is 172 g/mol. The second kappa shape index (κ2) is 5.98. The summed E-state index contributed by atoms with van der Waals surface area (Å²) in [4.78, 5) is 4.38. The molecule has 3 heteroatoms. The van der Waals surface area contributed by atoms with Gasteiger partial charge in [0, 0.05) is 19.5 Å². The molecule has 0 unspecified atom stereocenters. The molecule has 70 valence electrons. The third-order valence-electron chi connectivity index (χ3n) is 2.01. The van der Waals surface area contributed by atoms with Gasteiger partial charge >= 0.3 is 0 Å². The Morgan fingerprint density at radius 1 is 1.33 bits per heavy atom. The molecule has 1 N–H and O–H groups in total. The highest BCUT2D eigenvalue weighted by Crippen LogP contribution is 2.05. The van der Waals surface area contributed by atoms with Crippen molar-refractivity contribution in [3.8, 4) is 0 Å². The lowest BCUT2D eigenvalue weighted by molar-refractivity contribution is 0.471. The minimum Gasteiger partial charge on any atom is -0.374 e. The fourth-order valence-electron chi connectivity index (χ4n) is 1.32. The number of nitrogens with zero attached hydrogens (tertiary/aromatic N) is 1. The highest BCUT2D eigenvalue weighted by atomic mass is 19.1. The van der Waals surface area contributed by atoms with Crippen molar-refractivity contribution in [2.24, 2.45) is 4.99 Å².